The summed E-state index contributed by atoms with van der Waals surface area (Å²) in [4.78, 5) is 10.8. The van der Waals surface area contributed by atoms with E-state index in [1.54, 1.807) is 0 Å². The van der Waals surface area contributed by atoms with Crippen LogP contribution in [0.5, 0.6) is 5.75 Å². The van der Waals surface area contributed by atoms with Gasteiger partial charge >= 0.3 is 12.1 Å². The predicted molar refractivity (Wildman–Crippen MR) is 57.5 cm³/mol. The number of alkyl halides is 3. The van der Waals surface area contributed by atoms with E-state index in [1.165, 1.54) is 18.2 Å². The van der Waals surface area contributed by atoms with Crippen LogP contribution in [0, 0.1) is 0 Å². The van der Waals surface area contributed by atoms with Crippen molar-refractivity contribution in [2.75, 3.05) is 0 Å². The Morgan fingerprint density at radius 2 is 2.06 bits per heavy atom. The number of carboxylic acid groups (broad SMARTS) is 1. The Morgan fingerprint density at radius 1 is 1.39 bits per heavy atom. The van der Waals surface area contributed by atoms with Crippen molar-refractivity contribution in [3.05, 3.63) is 34.4 Å². The van der Waals surface area contributed by atoms with Crippen molar-refractivity contribution in [1.82, 2.24) is 0 Å². The van der Waals surface area contributed by atoms with Gasteiger partial charge in [0.25, 0.3) is 0 Å². The zero-order valence-electron chi connectivity index (χ0n) is 8.66. The maximum absolute atomic E-state index is 12.7. The topological polar surface area (TPSA) is 46.5 Å². The van der Waals surface area contributed by atoms with Gasteiger partial charge in [-0.2, -0.15) is 13.2 Å². The first-order chi connectivity index (χ1) is 8.29. The zero-order valence-corrected chi connectivity index (χ0v) is 9.42. The van der Waals surface area contributed by atoms with Crippen molar-refractivity contribution in [1.29, 1.82) is 0 Å². The molecule has 1 N–H and O–H groups in total. The van der Waals surface area contributed by atoms with Crippen LogP contribution in [0.2, 0.25) is 5.02 Å². The molecule has 0 radical (unpaired) electrons. The molecule has 1 aliphatic rings. The minimum absolute atomic E-state index is 0.0881. The molecule has 3 nitrogen and oxygen atoms in total. The van der Waals surface area contributed by atoms with Gasteiger partial charge in [0.2, 0.25) is 6.10 Å². The zero-order chi connectivity index (χ0) is 13.5. The van der Waals surface area contributed by atoms with Crippen LogP contribution >= 0.6 is 11.6 Å². The van der Waals surface area contributed by atoms with E-state index in [-0.39, 0.29) is 16.3 Å². The first kappa shape index (κ1) is 12.8. The van der Waals surface area contributed by atoms with Gasteiger partial charge < -0.3 is 9.84 Å². The molecule has 7 heteroatoms. The largest absolute Gasteiger partial charge is 0.478 e. The Balaban J connectivity index is 2.53. The lowest BCUT2D eigenvalue weighted by molar-refractivity contribution is -0.187. The molecule has 0 fully saturated rings. The molecule has 0 saturated heterocycles. The highest BCUT2D eigenvalue weighted by Crippen LogP contribution is 2.38. The fourth-order valence-corrected chi connectivity index (χ4v) is 1.74. The lowest BCUT2D eigenvalue weighted by Gasteiger charge is -2.27. The van der Waals surface area contributed by atoms with Crippen LogP contribution in [-0.4, -0.2) is 23.4 Å². The Kier molecular flexibility index (Phi) is 2.98. The molecule has 1 aromatic rings. The third-order valence-electron chi connectivity index (χ3n) is 2.36. The van der Waals surface area contributed by atoms with Gasteiger partial charge in [-0.3, -0.25) is 0 Å². The van der Waals surface area contributed by atoms with Crippen LogP contribution in [0.25, 0.3) is 6.08 Å². The number of carbonyl (C=O) groups is 1. The summed E-state index contributed by atoms with van der Waals surface area (Å²) in [5.41, 5.74) is -0.602. The van der Waals surface area contributed by atoms with Crippen molar-refractivity contribution >= 4 is 23.6 Å². The molecule has 0 spiro atoms. The summed E-state index contributed by atoms with van der Waals surface area (Å²) in [6.07, 6.45) is -6.35. The van der Waals surface area contributed by atoms with Gasteiger partial charge in [-0.1, -0.05) is 11.6 Å². The second kappa shape index (κ2) is 4.20. The number of carboxylic acids is 1. The molecule has 0 aliphatic carbocycles. The Bertz CT molecular complexity index is 537. The molecular formula is C11H6ClF3O3. The smallest absolute Gasteiger partial charge is 0.430 e. The lowest BCUT2D eigenvalue weighted by Crippen LogP contribution is -2.40. The third-order valence-corrected chi connectivity index (χ3v) is 2.59. The predicted octanol–water partition coefficient (Wildman–Crippen LogP) is 3.13. The Hall–Kier alpha value is -1.69. The van der Waals surface area contributed by atoms with Gasteiger partial charge in [-0.25, -0.2) is 4.79 Å². The maximum Gasteiger partial charge on any atom is 0.430 e. The lowest BCUT2D eigenvalue weighted by atomic mass is 10.0. The highest BCUT2D eigenvalue weighted by Gasteiger charge is 2.48. The van der Waals surface area contributed by atoms with Gasteiger partial charge in [-0.05, 0) is 24.3 Å². The molecule has 0 aromatic heterocycles. The van der Waals surface area contributed by atoms with Crippen molar-refractivity contribution in [2.45, 2.75) is 12.3 Å². The minimum atomic E-state index is -4.80. The number of ether oxygens (including phenoxy) is 1. The van der Waals surface area contributed by atoms with Crippen LogP contribution in [0.4, 0.5) is 13.2 Å². The van der Waals surface area contributed by atoms with E-state index in [9.17, 15) is 18.0 Å². The summed E-state index contributed by atoms with van der Waals surface area (Å²) in [6.45, 7) is 0. The van der Waals surface area contributed by atoms with E-state index >= 15 is 0 Å². The summed E-state index contributed by atoms with van der Waals surface area (Å²) in [5.74, 6) is -1.76. The third kappa shape index (κ3) is 2.28. The molecular weight excluding hydrogens is 273 g/mol. The molecule has 1 atom stereocenters. The van der Waals surface area contributed by atoms with Crippen molar-refractivity contribution in [3.8, 4) is 5.75 Å². The maximum atomic E-state index is 12.7. The monoisotopic (exact) mass is 278 g/mol. The number of hydrogen-bond donors (Lipinski definition) is 1. The Labute approximate surface area is 104 Å². The summed E-state index contributed by atoms with van der Waals surface area (Å²) < 4.78 is 42.7. The molecule has 18 heavy (non-hydrogen) atoms. The number of benzene rings is 1. The fraction of sp³-hybridized carbons (Fsp3) is 0.182. The first-order valence-electron chi connectivity index (χ1n) is 4.77. The molecule has 1 aromatic carbocycles. The van der Waals surface area contributed by atoms with Gasteiger partial charge in [0.15, 0.2) is 0 Å². The van der Waals surface area contributed by atoms with Crippen LogP contribution < -0.4 is 4.74 Å². The first-order valence-corrected chi connectivity index (χ1v) is 5.14. The highest BCUT2D eigenvalue weighted by atomic mass is 35.5. The van der Waals surface area contributed by atoms with E-state index in [2.05, 4.69) is 0 Å². The molecule has 1 heterocycles. The van der Waals surface area contributed by atoms with Crippen LogP contribution in [0.3, 0.4) is 0 Å². The van der Waals surface area contributed by atoms with Crippen LogP contribution in [-0.2, 0) is 4.79 Å². The molecule has 0 bridgehead atoms. The number of hydrogen-bond acceptors (Lipinski definition) is 2. The van der Waals surface area contributed by atoms with Crippen LogP contribution in [0.15, 0.2) is 23.8 Å². The van der Waals surface area contributed by atoms with E-state index in [0.29, 0.717) is 0 Å². The van der Waals surface area contributed by atoms with E-state index < -0.39 is 23.8 Å². The number of halogens is 4. The second-order valence-electron chi connectivity index (χ2n) is 3.63. The number of fused-ring (bicyclic) bond motifs is 1. The van der Waals surface area contributed by atoms with Gasteiger partial charge in [0.1, 0.15) is 5.75 Å². The van der Waals surface area contributed by atoms with Crippen LogP contribution in [0.1, 0.15) is 5.56 Å². The molecule has 96 valence electrons. The molecule has 0 amide bonds. The second-order valence-corrected chi connectivity index (χ2v) is 4.06. The minimum Gasteiger partial charge on any atom is -0.478 e. The quantitative estimate of drug-likeness (QED) is 0.858. The summed E-state index contributed by atoms with van der Waals surface area (Å²) >= 11 is 5.64. The number of aliphatic carboxylic acids is 1. The SMILES string of the molecule is O=C(O)C1=Cc2ccc(Cl)cc2OC1C(F)(F)F. The van der Waals surface area contributed by atoms with Gasteiger partial charge in [0.05, 0.1) is 5.57 Å². The van der Waals surface area contributed by atoms with E-state index in [0.717, 1.165) is 6.08 Å². The average Bonchev–Trinajstić information content (AvgIpc) is 2.25. The summed E-state index contributed by atoms with van der Waals surface area (Å²) in [7, 11) is 0. The molecule has 1 aliphatic heterocycles. The average molecular weight is 279 g/mol. The van der Waals surface area contributed by atoms with Gasteiger partial charge in [0, 0.05) is 10.6 Å². The fourth-order valence-electron chi connectivity index (χ4n) is 1.58. The highest BCUT2D eigenvalue weighted by molar-refractivity contribution is 6.30. The van der Waals surface area contributed by atoms with Gasteiger partial charge in [-0.15, -0.1) is 0 Å². The molecule has 1 unspecified atom stereocenters. The normalized spacial score (nSPS) is 18.7. The summed E-state index contributed by atoms with van der Waals surface area (Å²) in [6, 6.07) is 4.05. The number of rotatable bonds is 1. The van der Waals surface area contributed by atoms with Crippen molar-refractivity contribution < 1.29 is 27.8 Å². The van der Waals surface area contributed by atoms with E-state index in [4.69, 9.17) is 21.4 Å². The Morgan fingerprint density at radius 3 is 2.61 bits per heavy atom. The standard InChI is InChI=1S/C11H6ClF3O3/c12-6-2-1-5-3-7(10(16)17)9(11(13,14)15)18-8(5)4-6/h1-4,9H,(H,16,17). The summed E-state index contributed by atoms with van der Waals surface area (Å²) in [5, 5.41) is 8.99. The van der Waals surface area contributed by atoms with Crippen molar-refractivity contribution in [2.24, 2.45) is 0 Å². The van der Waals surface area contributed by atoms with E-state index in [1.807, 2.05) is 0 Å². The van der Waals surface area contributed by atoms with Crippen molar-refractivity contribution in [3.63, 3.8) is 0 Å². The molecule has 0 saturated carbocycles. The molecule has 2 rings (SSSR count).